The molecule has 0 amide bonds. The van der Waals surface area contributed by atoms with Crippen molar-refractivity contribution in [1.29, 1.82) is 0 Å². The minimum Gasteiger partial charge on any atom is -0.487 e. The number of halogens is 4. The van der Waals surface area contributed by atoms with E-state index in [0.717, 1.165) is 11.6 Å². The van der Waals surface area contributed by atoms with Gasteiger partial charge in [0.2, 0.25) is 5.89 Å². The van der Waals surface area contributed by atoms with Crippen molar-refractivity contribution in [1.82, 2.24) is 20.0 Å². The first kappa shape index (κ1) is 25.5. The maximum atomic E-state index is 14.1. The Bertz CT molecular complexity index is 1280. The lowest BCUT2D eigenvalue weighted by Crippen LogP contribution is -2.06. The van der Waals surface area contributed by atoms with Gasteiger partial charge in [0, 0.05) is 22.7 Å². The number of rotatable bonds is 11. The van der Waals surface area contributed by atoms with Gasteiger partial charge in [0.05, 0.1) is 26.0 Å². The minimum atomic E-state index is -4.48. The van der Waals surface area contributed by atoms with Gasteiger partial charge in [0.15, 0.2) is 0 Å². The molecule has 0 N–H and O–H groups in total. The first-order valence-electron chi connectivity index (χ1n) is 10.7. The van der Waals surface area contributed by atoms with Crippen LogP contribution in [0, 0.1) is 5.82 Å². The van der Waals surface area contributed by atoms with Gasteiger partial charge in [0.1, 0.15) is 30.1 Å². The third-order valence-corrected chi connectivity index (χ3v) is 5.42. The summed E-state index contributed by atoms with van der Waals surface area (Å²) in [5.74, 6) is 0.0696. The molecule has 7 nitrogen and oxygen atoms in total. The van der Waals surface area contributed by atoms with E-state index in [4.69, 9.17) is 13.9 Å². The quantitative estimate of drug-likeness (QED) is 0.137. The molecule has 0 aliphatic carbocycles. The predicted molar refractivity (Wildman–Crippen MR) is 124 cm³/mol. The number of hydrogen-bond acceptors (Lipinski definition) is 7. The summed E-state index contributed by atoms with van der Waals surface area (Å²) in [6.07, 6.45) is 7.60. The van der Waals surface area contributed by atoms with Gasteiger partial charge in [-0.3, -0.25) is 4.68 Å². The molecule has 0 aliphatic heterocycles. The normalized spacial score (nSPS) is 11.9. The summed E-state index contributed by atoms with van der Waals surface area (Å²) >= 11 is -0.370. The molecule has 0 atom stereocenters. The van der Waals surface area contributed by atoms with Crippen LogP contribution in [0.5, 0.6) is 5.75 Å². The standard InChI is InChI=1S/C24H20F4N4O3S/c25-22-13-21(36-24(26,27)28)7-3-18(22)4-8-23-30-19(16-35-23)15-34-20-5-1-17(2-6-20)14-33-12-11-32-10-9-29-31-32/h1-10,13,16H,11-12,14-15H2. The van der Waals surface area contributed by atoms with E-state index in [1.807, 2.05) is 24.3 Å². The fraction of sp³-hybridized carbons (Fsp3) is 0.208. The highest BCUT2D eigenvalue weighted by molar-refractivity contribution is 8.00. The zero-order valence-electron chi connectivity index (χ0n) is 18.7. The molecule has 188 valence electrons. The molecule has 12 heteroatoms. The highest BCUT2D eigenvalue weighted by Crippen LogP contribution is 2.37. The SMILES string of the molecule is Fc1cc(SC(F)(F)F)ccc1C=Cc1nc(COc2ccc(COCCn3ccnn3)cc2)co1. The van der Waals surface area contributed by atoms with Crippen molar-refractivity contribution in [2.45, 2.75) is 30.2 Å². The van der Waals surface area contributed by atoms with Gasteiger partial charge in [-0.05, 0) is 47.7 Å². The third-order valence-electron chi connectivity index (χ3n) is 4.70. The molecule has 0 saturated heterocycles. The van der Waals surface area contributed by atoms with E-state index in [9.17, 15) is 17.6 Å². The largest absolute Gasteiger partial charge is 0.487 e. The molecular weight excluding hydrogens is 500 g/mol. The summed E-state index contributed by atoms with van der Waals surface area (Å²) < 4.78 is 69.7. The molecule has 0 radical (unpaired) electrons. The molecule has 36 heavy (non-hydrogen) atoms. The van der Waals surface area contributed by atoms with Gasteiger partial charge >= 0.3 is 5.51 Å². The van der Waals surface area contributed by atoms with Crippen molar-refractivity contribution in [3.8, 4) is 5.75 Å². The minimum absolute atomic E-state index is 0.111. The Morgan fingerprint density at radius 3 is 2.61 bits per heavy atom. The number of nitrogens with zero attached hydrogens (tertiary/aromatic N) is 4. The predicted octanol–water partition coefficient (Wildman–Crippen LogP) is 5.98. The molecule has 2 heterocycles. The topological polar surface area (TPSA) is 75.2 Å². The molecule has 0 saturated carbocycles. The number of alkyl halides is 3. The van der Waals surface area contributed by atoms with Crippen molar-refractivity contribution in [3.63, 3.8) is 0 Å². The van der Waals surface area contributed by atoms with Gasteiger partial charge in [-0.2, -0.15) is 13.2 Å². The molecule has 4 rings (SSSR count). The number of benzene rings is 2. The molecule has 0 unspecified atom stereocenters. The number of ether oxygens (including phenoxy) is 2. The van der Waals surface area contributed by atoms with Crippen LogP contribution in [-0.2, 0) is 24.5 Å². The average molecular weight is 521 g/mol. The van der Waals surface area contributed by atoms with Gasteiger partial charge in [-0.1, -0.05) is 23.4 Å². The molecule has 0 bridgehead atoms. The van der Waals surface area contributed by atoms with Crippen molar-refractivity contribution >= 4 is 23.9 Å². The number of oxazole rings is 1. The van der Waals surface area contributed by atoms with E-state index in [1.54, 1.807) is 17.1 Å². The van der Waals surface area contributed by atoms with Gasteiger partial charge in [0.25, 0.3) is 0 Å². The maximum Gasteiger partial charge on any atom is 0.446 e. The van der Waals surface area contributed by atoms with Crippen LogP contribution < -0.4 is 4.74 Å². The van der Waals surface area contributed by atoms with E-state index in [1.165, 1.54) is 30.5 Å². The van der Waals surface area contributed by atoms with E-state index in [0.29, 0.717) is 31.2 Å². The summed E-state index contributed by atoms with van der Waals surface area (Å²) in [6.45, 7) is 1.75. The Kier molecular flexibility index (Phi) is 8.39. The lowest BCUT2D eigenvalue weighted by molar-refractivity contribution is -0.0328. The molecule has 0 aliphatic rings. The van der Waals surface area contributed by atoms with Gasteiger partial charge in [-0.15, -0.1) is 5.10 Å². The first-order chi connectivity index (χ1) is 17.3. The van der Waals surface area contributed by atoms with Crippen LogP contribution in [0.1, 0.15) is 22.7 Å². The fourth-order valence-electron chi connectivity index (χ4n) is 3.01. The van der Waals surface area contributed by atoms with E-state index in [-0.39, 0.29) is 34.7 Å². The molecule has 2 aromatic carbocycles. The zero-order valence-corrected chi connectivity index (χ0v) is 19.5. The van der Waals surface area contributed by atoms with Gasteiger partial charge < -0.3 is 13.9 Å². The maximum absolute atomic E-state index is 14.1. The highest BCUT2D eigenvalue weighted by Gasteiger charge is 2.29. The van der Waals surface area contributed by atoms with Crippen LogP contribution in [0.3, 0.4) is 0 Å². The summed E-state index contributed by atoms with van der Waals surface area (Å²) in [6, 6.07) is 10.7. The Morgan fingerprint density at radius 1 is 1.06 bits per heavy atom. The van der Waals surface area contributed by atoms with Crippen LogP contribution >= 0.6 is 11.8 Å². The molecule has 2 aromatic heterocycles. The fourth-order valence-corrected chi connectivity index (χ4v) is 3.57. The second kappa shape index (κ2) is 11.9. The highest BCUT2D eigenvalue weighted by atomic mass is 32.2. The second-order valence-corrected chi connectivity index (χ2v) is 8.53. The number of thioether (sulfide) groups is 1. The van der Waals surface area contributed by atoms with Crippen LogP contribution in [0.2, 0.25) is 0 Å². The Balaban J connectivity index is 1.23. The number of aromatic nitrogens is 4. The molecule has 0 spiro atoms. The smallest absolute Gasteiger partial charge is 0.446 e. The monoisotopic (exact) mass is 520 g/mol. The van der Waals surface area contributed by atoms with E-state index in [2.05, 4.69) is 15.3 Å². The second-order valence-electron chi connectivity index (χ2n) is 7.39. The molecule has 4 aromatic rings. The molecular formula is C24H20F4N4O3S. The van der Waals surface area contributed by atoms with Crippen molar-refractivity contribution < 1.29 is 31.5 Å². The van der Waals surface area contributed by atoms with Crippen LogP contribution in [-0.4, -0.2) is 32.1 Å². The van der Waals surface area contributed by atoms with E-state index < -0.39 is 11.3 Å². The zero-order chi connectivity index (χ0) is 25.4. The average Bonchev–Trinajstić information content (AvgIpc) is 3.52. The van der Waals surface area contributed by atoms with E-state index >= 15 is 0 Å². The summed E-state index contributed by atoms with van der Waals surface area (Å²) in [5, 5.41) is 7.60. The van der Waals surface area contributed by atoms with Crippen LogP contribution in [0.4, 0.5) is 17.6 Å². The van der Waals surface area contributed by atoms with Crippen LogP contribution in [0.25, 0.3) is 12.2 Å². The number of hydrogen-bond donors (Lipinski definition) is 0. The Morgan fingerprint density at radius 2 is 1.89 bits per heavy atom. The Labute approximate surface area is 207 Å². The van der Waals surface area contributed by atoms with Crippen molar-refractivity contribution in [3.05, 3.63) is 89.7 Å². The lowest BCUT2D eigenvalue weighted by Gasteiger charge is -2.07. The summed E-state index contributed by atoms with van der Waals surface area (Å²) in [5.41, 5.74) is -2.85. The Hall–Kier alpha value is -3.64. The third kappa shape index (κ3) is 7.95. The van der Waals surface area contributed by atoms with Crippen molar-refractivity contribution in [2.24, 2.45) is 0 Å². The van der Waals surface area contributed by atoms with Gasteiger partial charge in [-0.25, -0.2) is 9.37 Å². The molecule has 0 fully saturated rings. The lowest BCUT2D eigenvalue weighted by atomic mass is 10.2. The summed E-state index contributed by atoms with van der Waals surface area (Å²) in [7, 11) is 0. The van der Waals surface area contributed by atoms with Crippen LogP contribution in [0.15, 0.2) is 70.4 Å². The summed E-state index contributed by atoms with van der Waals surface area (Å²) in [4.78, 5) is 4.01. The van der Waals surface area contributed by atoms with Crippen molar-refractivity contribution in [2.75, 3.05) is 6.61 Å². The first-order valence-corrected chi connectivity index (χ1v) is 11.5.